The van der Waals surface area contributed by atoms with Crippen molar-refractivity contribution in [3.8, 4) is 5.75 Å². The Morgan fingerprint density at radius 1 is 0.889 bits per heavy atom. The van der Waals surface area contributed by atoms with E-state index in [1.165, 1.54) is 0 Å². The molecule has 0 bridgehead atoms. The lowest BCUT2D eigenvalue weighted by atomic mass is 10.2. The van der Waals surface area contributed by atoms with Crippen molar-refractivity contribution in [2.45, 2.75) is 18.4 Å². The second kappa shape index (κ2) is 8.14. The largest absolute Gasteiger partial charge is 0.497 e. The maximum absolute atomic E-state index is 12.7. The van der Waals surface area contributed by atoms with Crippen molar-refractivity contribution in [1.82, 2.24) is 0 Å². The van der Waals surface area contributed by atoms with Gasteiger partial charge in [0, 0.05) is 12.2 Å². The fourth-order valence-electron chi connectivity index (χ4n) is 2.60. The van der Waals surface area contributed by atoms with Gasteiger partial charge in [-0.3, -0.25) is 4.72 Å². The van der Waals surface area contributed by atoms with E-state index in [1.807, 2.05) is 49.4 Å². The van der Waals surface area contributed by atoms with E-state index in [2.05, 4.69) is 10.0 Å². The SMILES string of the molecule is COc1ccc(NCc2ccccc2NS(=O)(=O)c2ccc(C)cc2)cc1. The molecule has 0 aliphatic carbocycles. The molecule has 27 heavy (non-hydrogen) atoms. The number of hydrogen-bond acceptors (Lipinski definition) is 4. The molecule has 3 aromatic rings. The Bertz CT molecular complexity index is 998. The van der Waals surface area contributed by atoms with E-state index in [9.17, 15) is 8.42 Å². The molecular formula is C21H22N2O3S. The van der Waals surface area contributed by atoms with Gasteiger partial charge >= 0.3 is 0 Å². The molecule has 3 rings (SSSR count). The highest BCUT2D eigenvalue weighted by Gasteiger charge is 2.15. The first-order valence-corrected chi connectivity index (χ1v) is 10.0. The van der Waals surface area contributed by atoms with Gasteiger partial charge in [-0.2, -0.15) is 0 Å². The lowest BCUT2D eigenvalue weighted by molar-refractivity contribution is 0.415. The Kier molecular flexibility index (Phi) is 5.66. The van der Waals surface area contributed by atoms with E-state index in [4.69, 9.17) is 4.74 Å². The monoisotopic (exact) mass is 382 g/mol. The summed E-state index contributed by atoms with van der Waals surface area (Å²) in [6.45, 7) is 2.41. The van der Waals surface area contributed by atoms with Crippen molar-refractivity contribution in [1.29, 1.82) is 0 Å². The maximum atomic E-state index is 12.7. The van der Waals surface area contributed by atoms with Gasteiger partial charge in [-0.1, -0.05) is 35.9 Å². The number of aryl methyl sites for hydroxylation is 1. The molecule has 0 aromatic heterocycles. The smallest absolute Gasteiger partial charge is 0.261 e. The number of methoxy groups -OCH3 is 1. The van der Waals surface area contributed by atoms with Crippen LogP contribution in [-0.2, 0) is 16.6 Å². The fraction of sp³-hybridized carbons (Fsp3) is 0.143. The van der Waals surface area contributed by atoms with Crippen molar-refractivity contribution < 1.29 is 13.2 Å². The summed E-state index contributed by atoms with van der Waals surface area (Å²) in [6.07, 6.45) is 0. The first-order chi connectivity index (χ1) is 13.0. The first-order valence-electron chi connectivity index (χ1n) is 8.53. The topological polar surface area (TPSA) is 67.4 Å². The molecule has 5 nitrogen and oxygen atoms in total. The normalized spacial score (nSPS) is 11.0. The molecule has 3 aromatic carbocycles. The van der Waals surface area contributed by atoms with E-state index in [0.717, 1.165) is 22.6 Å². The molecular weight excluding hydrogens is 360 g/mol. The van der Waals surface area contributed by atoms with Crippen LogP contribution in [0.4, 0.5) is 11.4 Å². The Balaban J connectivity index is 1.76. The molecule has 0 unspecified atom stereocenters. The number of ether oxygens (including phenoxy) is 1. The summed E-state index contributed by atoms with van der Waals surface area (Å²) in [5, 5.41) is 3.30. The summed E-state index contributed by atoms with van der Waals surface area (Å²) < 4.78 is 33.2. The van der Waals surface area contributed by atoms with Crippen LogP contribution in [0.5, 0.6) is 5.75 Å². The summed E-state index contributed by atoms with van der Waals surface area (Å²) >= 11 is 0. The van der Waals surface area contributed by atoms with Crippen molar-refractivity contribution >= 4 is 21.4 Å². The van der Waals surface area contributed by atoms with Gasteiger partial charge in [-0.25, -0.2) is 8.42 Å². The highest BCUT2D eigenvalue weighted by molar-refractivity contribution is 7.92. The molecule has 0 spiro atoms. The van der Waals surface area contributed by atoms with Crippen LogP contribution in [0.1, 0.15) is 11.1 Å². The first kappa shape index (κ1) is 18.8. The van der Waals surface area contributed by atoms with Gasteiger partial charge in [0.25, 0.3) is 10.0 Å². The molecule has 0 fully saturated rings. The van der Waals surface area contributed by atoms with Crippen LogP contribution in [0.15, 0.2) is 77.7 Å². The van der Waals surface area contributed by atoms with Gasteiger partial charge in [0.05, 0.1) is 17.7 Å². The number of anilines is 2. The number of sulfonamides is 1. The molecule has 0 heterocycles. The minimum absolute atomic E-state index is 0.242. The van der Waals surface area contributed by atoms with E-state index in [-0.39, 0.29) is 4.90 Å². The summed E-state index contributed by atoms with van der Waals surface area (Å²) in [4.78, 5) is 0.242. The van der Waals surface area contributed by atoms with E-state index >= 15 is 0 Å². The number of benzene rings is 3. The second-order valence-electron chi connectivity index (χ2n) is 6.16. The predicted molar refractivity (Wildman–Crippen MR) is 109 cm³/mol. The third kappa shape index (κ3) is 4.80. The fourth-order valence-corrected chi connectivity index (χ4v) is 3.70. The molecule has 0 atom stereocenters. The third-order valence-corrected chi connectivity index (χ3v) is 5.55. The lowest BCUT2D eigenvalue weighted by Crippen LogP contribution is -2.15. The minimum Gasteiger partial charge on any atom is -0.497 e. The van der Waals surface area contributed by atoms with Gasteiger partial charge in [-0.05, 0) is 55.0 Å². The zero-order valence-electron chi connectivity index (χ0n) is 15.3. The van der Waals surface area contributed by atoms with Crippen molar-refractivity contribution in [2.75, 3.05) is 17.1 Å². The van der Waals surface area contributed by atoms with Crippen LogP contribution in [0.2, 0.25) is 0 Å². The molecule has 0 amide bonds. The van der Waals surface area contributed by atoms with E-state index < -0.39 is 10.0 Å². The predicted octanol–water partition coefficient (Wildman–Crippen LogP) is 4.42. The Morgan fingerprint density at radius 2 is 1.56 bits per heavy atom. The molecule has 0 aliphatic rings. The third-order valence-electron chi connectivity index (χ3n) is 4.17. The molecule has 140 valence electrons. The summed E-state index contributed by atoms with van der Waals surface area (Å²) in [7, 11) is -2.02. The number of nitrogens with one attached hydrogen (secondary N) is 2. The van der Waals surface area contributed by atoms with Gasteiger partial charge in [0.2, 0.25) is 0 Å². The van der Waals surface area contributed by atoms with Crippen LogP contribution in [0.25, 0.3) is 0 Å². The highest BCUT2D eigenvalue weighted by Crippen LogP contribution is 2.22. The lowest BCUT2D eigenvalue weighted by Gasteiger charge is -2.14. The maximum Gasteiger partial charge on any atom is 0.261 e. The zero-order chi connectivity index (χ0) is 19.3. The van der Waals surface area contributed by atoms with Gasteiger partial charge in [-0.15, -0.1) is 0 Å². The summed E-state index contributed by atoms with van der Waals surface area (Å²) in [5.74, 6) is 0.784. The van der Waals surface area contributed by atoms with Crippen LogP contribution in [0, 0.1) is 6.92 Å². The average Bonchev–Trinajstić information content (AvgIpc) is 2.68. The molecule has 2 N–H and O–H groups in total. The number of rotatable bonds is 7. The van der Waals surface area contributed by atoms with Crippen molar-refractivity contribution in [3.05, 3.63) is 83.9 Å². The highest BCUT2D eigenvalue weighted by atomic mass is 32.2. The molecule has 0 radical (unpaired) electrons. The molecule has 0 saturated heterocycles. The summed E-state index contributed by atoms with van der Waals surface area (Å²) in [5.41, 5.74) is 3.34. The van der Waals surface area contributed by atoms with E-state index in [1.54, 1.807) is 37.4 Å². The number of hydrogen-bond donors (Lipinski definition) is 2. The van der Waals surface area contributed by atoms with Crippen molar-refractivity contribution in [2.24, 2.45) is 0 Å². The average molecular weight is 382 g/mol. The van der Waals surface area contributed by atoms with Crippen LogP contribution < -0.4 is 14.8 Å². The van der Waals surface area contributed by atoms with Crippen LogP contribution >= 0.6 is 0 Å². The Morgan fingerprint density at radius 3 is 2.22 bits per heavy atom. The van der Waals surface area contributed by atoms with Crippen LogP contribution in [0.3, 0.4) is 0 Å². The molecule has 6 heteroatoms. The van der Waals surface area contributed by atoms with Gasteiger partial charge in [0.1, 0.15) is 5.75 Å². The molecule has 0 aliphatic heterocycles. The molecule has 0 saturated carbocycles. The second-order valence-corrected chi connectivity index (χ2v) is 7.84. The standard InChI is InChI=1S/C21H22N2O3S/c1-16-7-13-20(14-8-16)27(24,25)23-21-6-4-3-5-17(21)15-22-18-9-11-19(26-2)12-10-18/h3-14,22-23H,15H2,1-2H3. The van der Waals surface area contributed by atoms with Crippen molar-refractivity contribution in [3.63, 3.8) is 0 Å². The Hall–Kier alpha value is -2.99. The van der Waals surface area contributed by atoms with Crippen LogP contribution in [-0.4, -0.2) is 15.5 Å². The van der Waals surface area contributed by atoms with Gasteiger partial charge < -0.3 is 10.1 Å². The number of para-hydroxylation sites is 1. The zero-order valence-corrected chi connectivity index (χ0v) is 16.1. The van der Waals surface area contributed by atoms with Gasteiger partial charge in [0.15, 0.2) is 0 Å². The summed E-state index contributed by atoms with van der Waals surface area (Å²) in [6, 6.07) is 21.7. The minimum atomic E-state index is -3.64. The van der Waals surface area contributed by atoms with E-state index in [0.29, 0.717) is 12.2 Å². The quantitative estimate of drug-likeness (QED) is 0.635. The Labute approximate surface area is 160 Å².